The van der Waals surface area contributed by atoms with Crippen LogP contribution in [0.4, 0.5) is 10.7 Å². The fourth-order valence-electron chi connectivity index (χ4n) is 2.54. The topological polar surface area (TPSA) is 61.5 Å². The van der Waals surface area contributed by atoms with Crippen molar-refractivity contribution in [1.82, 2.24) is 14.9 Å². The largest absolute Gasteiger partial charge is 0.444 e. The molecular formula is C16H21BrN4O2. The highest BCUT2D eigenvalue weighted by Crippen LogP contribution is 2.22. The van der Waals surface area contributed by atoms with Gasteiger partial charge in [0.25, 0.3) is 0 Å². The molecule has 7 heteroatoms. The number of carbonyl (C=O) groups is 1. The SMILES string of the molecule is CC(C)(C)OC(=O)N1CCN(c2nc3cc(Br)ccc3[nH]2)CC1. The second-order valence-corrected chi connectivity index (χ2v) is 7.59. The third kappa shape index (κ3) is 3.77. The molecule has 6 nitrogen and oxygen atoms in total. The lowest BCUT2D eigenvalue weighted by molar-refractivity contribution is 0.0240. The van der Waals surface area contributed by atoms with Gasteiger partial charge in [0.15, 0.2) is 0 Å². The summed E-state index contributed by atoms with van der Waals surface area (Å²) >= 11 is 3.46. The number of piperazine rings is 1. The smallest absolute Gasteiger partial charge is 0.410 e. The molecule has 1 aliphatic rings. The number of rotatable bonds is 1. The van der Waals surface area contributed by atoms with Crippen molar-refractivity contribution < 1.29 is 9.53 Å². The van der Waals surface area contributed by atoms with Gasteiger partial charge in [-0.05, 0) is 39.0 Å². The van der Waals surface area contributed by atoms with Crippen LogP contribution in [0, 0.1) is 0 Å². The van der Waals surface area contributed by atoms with Crippen molar-refractivity contribution in [2.75, 3.05) is 31.1 Å². The number of halogens is 1. The van der Waals surface area contributed by atoms with E-state index in [1.54, 1.807) is 4.90 Å². The van der Waals surface area contributed by atoms with Crippen LogP contribution < -0.4 is 4.90 Å². The molecule has 1 saturated heterocycles. The number of hydrogen-bond donors (Lipinski definition) is 1. The number of aromatic nitrogens is 2. The van der Waals surface area contributed by atoms with Crippen LogP contribution in [0.15, 0.2) is 22.7 Å². The molecule has 0 atom stereocenters. The highest BCUT2D eigenvalue weighted by atomic mass is 79.9. The van der Waals surface area contributed by atoms with E-state index < -0.39 is 5.60 Å². The van der Waals surface area contributed by atoms with Gasteiger partial charge < -0.3 is 19.5 Å². The number of ether oxygens (including phenoxy) is 1. The van der Waals surface area contributed by atoms with Gasteiger partial charge in [-0.25, -0.2) is 9.78 Å². The van der Waals surface area contributed by atoms with Crippen LogP contribution >= 0.6 is 15.9 Å². The number of anilines is 1. The van der Waals surface area contributed by atoms with E-state index in [-0.39, 0.29) is 6.09 Å². The van der Waals surface area contributed by atoms with Crippen molar-refractivity contribution >= 4 is 39.0 Å². The van der Waals surface area contributed by atoms with Crippen LogP contribution in [0.3, 0.4) is 0 Å². The molecule has 1 fully saturated rings. The number of benzene rings is 1. The molecule has 23 heavy (non-hydrogen) atoms. The van der Waals surface area contributed by atoms with E-state index in [1.807, 2.05) is 39.0 Å². The van der Waals surface area contributed by atoms with Gasteiger partial charge >= 0.3 is 6.09 Å². The molecule has 124 valence electrons. The molecule has 3 rings (SSSR count). The van der Waals surface area contributed by atoms with Crippen LogP contribution in [0.2, 0.25) is 0 Å². The third-order valence-electron chi connectivity index (χ3n) is 3.66. The molecule has 0 bridgehead atoms. The van der Waals surface area contributed by atoms with Crippen LogP contribution in [-0.2, 0) is 4.74 Å². The van der Waals surface area contributed by atoms with Crippen molar-refractivity contribution in [3.05, 3.63) is 22.7 Å². The molecule has 1 aromatic carbocycles. The fraction of sp³-hybridized carbons (Fsp3) is 0.500. The standard InChI is InChI=1S/C16H21BrN4O2/c1-16(2,3)23-15(22)21-8-6-20(7-9-21)14-18-12-5-4-11(17)10-13(12)19-14/h4-5,10H,6-9H2,1-3H3,(H,18,19). The third-order valence-corrected chi connectivity index (χ3v) is 4.16. The molecule has 0 unspecified atom stereocenters. The summed E-state index contributed by atoms with van der Waals surface area (Å²) in [6, 6.07) is 5.99. The Balaban J connectivity index is 1.65. The van der Waals surface area contributed by atoms with Crippen molar-refractivity contribution in [2.24, 2.45) is 0 Å². The Morgan fingerprint density at radius 3 is 2.61 bits per heavy atom. The zero-order chi connectivity index (χ0) is 16.6. The lowest BCUT2D eigenvalue weighted by Crippen LogP contribution is -2.50. The zero-order valence-corrected chi connectivity index (χ0v) is 15.2. The summed E-state index contributed by atoms with van der Waals surface area (Å²) < 4.78 is 6.43. The summed E-state index contributed by atoms with van der Waals surface area (Å²) in [5, 5.41) is 0. The predicted molar refractivity (Wildman–Crippen MR) is 93.8 cm³/mol. The number of amides is 1. The maximum absolute atomic E-state index is 12.1. The number of fused-ring (bicyclic) bond motifs is 1. The maximum atomic E-state index is 12.1. The Morgan fingerprint density at radius 2 is 1.96 bits per heavy atom. The number of carbonyl (C=O) groups excluding carboxylic acids is 1. The number of hydrogen-bond acceptors (Lipinski definition) is 4. The molecule has 0 spiro atoms. The number of imidazole rings is 1. The van der Waals surface area contributed by atoms with Crippen LogP contribution in [0.25, 0.3) is 11.0 Å². The molecule has 2 heterocycles. The van der Waals surface area contributed by atoms with Crippen molar-refractivity contribution in [3.8, 4) is 0 Å². The van der Waals surface area contributed by atoms with Crippen molar-refractivity contribution in [2.45, 2.75) is 26.4 Å². The minimum atomic E-state index is -0.458. The quantitative estimate of drug-likeness (QED) is 0.823. The van der Waals surface area contributed by atoms with Crippen molar-refractivity contribution in [3.63, 3.8) is 0 Å². The Morgan fingerprint density at radius 1 is 1.26 bits per heavy atom. The summed E-state index contributed by atoms with van der Waals surface area (Å²) in [5.41, 5.74) is 1.49. The van der Waals surface area contributed by atoms with E-state index in [4.69, 9.17) is 4.74 Å². The number of nitrogens with one attached hydrogen (secondary N) is 1. The zero-order valence-electron chi connectivity index (χ0n) is 13.6. The van der Waals surface area contributed by atoms with Gasteiger partial charge in [0.1, 0.15) is 5.60 Å². The highest BCUT2D eigenvalue weighted by molar-refractivity contribution is 9.10. The van der Waals surface area contributed by atoms with E-state index >= 15 is 0 Å². The van der Waals surface area contributed by atoms with Gasteiger partial charge in [0, 0.05) is 30.7 Å². The molecule has 1 amide bonds. The van der Waals surface area contributed by atoms with Gasteiger partial charge in [0.05, 0.1) is 11.0 Å². The lowest BCUT2D eigenvalue weighted by Gasteiger charge is -2.35. The van der Waals surface area contributed by atoms with Gasteiger partial charge in [-0.2, -0.15) is 0 Å². The summed E-state index contributed by atoms with van der Waals surface area (Å²) in [7, 11) is 0. The maximum Gasteiger partial charge on any atom is 0.410 e. The summed E-state index contributed by atoms with van der Waals surface area (Å²) in [4.78, 5) is 24.0. The van der Waals surface area contributed by atoms with E-state index in [2.05, 4.69) is 30.8 Å². The van der Waals surface area contributed by atoms with Crippen LogP contribution in [0.1, 0.15) is 20.8 Å². The van der Waals surface area contributed by atoms with E-state index in [1.165, 1.54) is 0 Å². The lowest BCUT2D eigenvalue weighted by atomic mass is 10.2. The number of H-pyrrole nitrogens is 1. The minimum Gasteiger partial charge on any atom is -0.444 e. The Labute approximate surface area is 143 Å². The van der Waals surface area contributed by atoms with Crippen LogP contribution in [-0.4, -0.2) is 52.7 Å². The number of nitrogens with zero attached hydrogens (tertiary/aromatic N) is 3. The van der Waals surface area contributed by atoms with Crippen molar-refractivity contribution in [1.29, 1.82) is 0 Å². The average molecular weight is 381 g/mol. The molecule has 1 aliphatic heterocycles. The second-order valence-electron chi connectivity index (χ2n) is 6.68. The molecule has 0 radical (unpaired) electrons. The summed E-state index contributed by atoms with van der Waals surface area (Å²) in [6.07, 6.45) is -0.245. The Bertz CT molecular complexity index is 714. The predicted octanol–water partition coefficient (Wildman–Crippen LogP) is 3.38. The van der Waals surface area contributed by atoms with E-state index in [0.717, 1.165) is 34.5 Å². The normalized spacial score (nSPS) is 16.0. The van der Waals surface area contributed by atoms with Gasteiger partial charge in [-0.3, -0.25) is 0 Å². The van der Waals surface area contributed by atoms with Crippen LogP contribution in [0.5, 0.6) is 0 Å². The second kappa shape index (κ2) is 6.03. The fourth-order valence-corrected chi connectivity index (χ4v) is 2.89. The molecular weight excluding hydrogens is 360 g/mol. The summed E-state index contributed by atoms with van der Waals surface area (Å²) in [6.45, 7) is 8.39. The summed E-state index contributed by atoms with van der Waals surface area (Å²) in [5.74, 6) is 0.849. The Kier molecular flexibility index (Phi) is 4.23. The van der Waals surface area contributed by atoms with E-state index in [0.29, 0.717) is 13.1 Å². The molecule has 1 N–H and O–H groups in total. The van der Waals surface area contributed by atoms with E-state index in [9.17, 15) is 4.79 Å². The van der Waals surface area contributed by atoms with Gasteiger partial charge in [-0.1, -0.05) is 15.9 Å². The molecule has 0 saturated carbocycles. The molecule has 1 aromatic heterocycles. The molecule has 2 aromatic rings. The first-order valence-electron chi connectivity index (χ1n) is 7.70. The monoisotopic (exact) mass is 380 g/mol. The first kappa shape index (κ1) is 16.1. The first-order valence-corrected chi connectivity index (χ1v) is 8.49. The van der Waals surface area contributed by atoms with Gasteiger partial charge in [0.2, 0.25) is 5.95 Å². The Hall–Kier alpha value is -1.76. The molecule has 0 aliphatic carbocycles. The minimum absolute atomic E-state index is 0.245. The highest BCUT2D eigenvalue weighted by Gasteiger charge is 2.26. The number of aromatic amines is 1. The van der Waals surface area contributed by atoms with Gasteiger partial charge in [-0.15, -0.1) is 0 Å². The average Bonchev–Trinajstić information content (AvgIpc) is 2.88. The first-order chi connectivity index (χ1) is 10.8.